The minimum atomic E-state index is -0.428. The Labute approximate surface area is 209 Å². The largest absolute Gasteiger partial charge is 0.493 e. The zero-order chi connectivity index (χ0) is 25.7. The number of aromatic nitrogens is 1. The summed E-state index contributed by atoms with van der Waals surface area (Å²) in [6.45, 7) is 7.49. The molecule has 8 nitrogen and oxygen atoms in total. The van der Waals surface area contributed by atoms with Gasteiger partial charge in [0.15, 0.2) is 16.6 Å². The molecule has 0 aliphatic carbocycles. The molecule has 35 heavy (non-hydrogen) atoms. The Morgan fingerprint density at radius 3 is 2.06 bits per heavy atom. The van der Waals surface area contributed by atoms with Crippen LogP contribution in [0.3, 0.4) is 0 Å². The minimum Gasteiger partial charge on any atom is -0.493 e. The van der Waals surface area contributed by atoms with Crippen molar-refractivity contribution in [2.45, 2.75) is 40.7 Å². The van der Waals surface area contributed by atoms with E-state index in [9.17, 15) is 9.59 Å². The molecular weight excluding hydrogens is 468 g/mol. The lowest BCUT2D eigenvalue weighted by atomic mass is 10.0. The molecule has 0 aliphatic rings. The number of ether oxygens (including phenoxy) is 4. The van der Waals surface area contributed by atoms with Crippen LogP contribution < -0.4 is 19.1 Å². The van der Waals surface area contributed by atoms with Gasteiger partial charge in [-0.05, 0) is 49.6 Å². The van der Waals surface area contributed by atoms with Gasteiger partial charge in [0.1, 0.15) is 6.61 Å². The first-order chi connectivity index (χ1) is 16.7. The van der Waals surface area contributed by atoms with Crippen LogP contribution in [-0.2, 0) is 27.4 Å². The van der Waals surface area contributed by atoms with Gasteiger partial charge in [-0.3, -0.25) is 14.5 Å². The lowest BCUT2D eigenvalue weighted by Crippen LogP contribution is -2.24. The fourth-order valence-electron chi connectivity index (χ4n) is 3.99. The van der Waals surface area contributed by atoms with Crippen LogP contribution >= 0.6 is 11.3 Å². The summed E-state index contributed by atoms with van der Waals surface area (Å²) in [5, 5.41) is 2.32. The van der Waals surface area contributed by atoms with E-state index in [0.29, 0.717) is 33.6 Å². The number of hydrogen-bond donors (Lipinski definition) is 0. The van der Waals surface area contributed by atoms with E-state index in [1.165, 1.54) is 39.6 Å². The van der Waals surface area contributed by atoms with Gasteiger partial charge in [0, 0.05) is 12.3 Å². The van der Waals surface area contributed by atoms with Gasteiger partial charge in [0.2, 0.25) is 11.7 Å². The van der Waals surface area contributed by atoms with Crippen LogP contribution in [0.4, 0.5) is 10.8 Å². The Balaban J connectivity index is 1.73. The van der Waals surface area contributed by atoms with Gasteiger partial charge in [0.05, 0.1) is 39.1 Å². The van der Waals surface area contributed by atoms with Gasteiger partial charge < -0.3 is 18.9 Å². The van der Waals surface area contributed by atoms with Crippen molar-refractivity contribution in [3.8, 4) is 17.2 Å². The highest BCUT2D eigenvalue weighted by atomic mass is 32.1. The number of thiazole rings is 1. The summed E-state index contributed by atoms with van der Waals surface area (Å²) in [5.41, 5.74) is 5.17. The standard InChI is InChI=1S/C26H30N2O6S/c1-15-8-16(2)24(17(3)9-15)28(18(4)29)26-27-20(14-35-26)13-34-23(30)12-19-10-21(31-5)25(33-7)22(11-19)32-6/h8-11,14H,12-13H2,1-7H3. The van der Waals surface area contributed by atoms with E-state index in [1.54, 1.807) is 22.4 Å². The lowest BCUT2D eigenvalue weighted by molar-refractivity contribution is -0.144. The molecule has 1 heterocycles. The Kier molecular flexibility index (Phi) is 8.34. The number of methoxy groups -OCH3 is 3. The van der Waals surface area contributed by atoms with Crippen LogP contribution in [0, 0.1) is 20.8 Å². The van der Waals surface area contributed by atoms with Crippen LogP contribution in [0.1, 0.15) is 34.9 Å². The fraction of sp³-hybridized carbons (Fsp3) is 0.346. The van der Waals surface area contributed by atoms with E-state index in [4.69, 9.17) is 18.9 Å². The maximum Gasteiger partial charge on any atom is 0.310 e. The summed E-state index contributed by atoms with van der Waals surface area (Å²) in [6, 6.07) is 7.50. The number of amides is 1. The van der Waals surface area contributed by atoms with Gasteiger partial charge in [-0.2, -0.15) is 0 Å². The molecule has 3 aromatic rings. The number of nitrogens with zero attached hydrogens (tertiary/aromatic N) is 2. The number of anilines is 2. The normalized spacial score (nSPS) is 10.6. The molecule has 0 N–H and O–H groups in total. The summed E-state index contributed by atoms with van der Waals surface area (Å²) in [4.78, 5) is 31.2. The van der Waals surface area contributed by atoms with E-state index in [2.05, 4.69) is 4.98 Å². The Hall–Kier alpha value is -3.59. The molecule has 9 heteroatoms. The van der Waals surface area contributed by atoms with E-state index >= 15 is 0 Å². The third kappa shape index (κ3) is 5.92. The molecule has 0 spiro atoms. The lowest BCUT2D eigenvalue weighted by Gasteiger charge is -2.23. The molecule has 3 rings (SSSR count). The number of esters is 1. The summed E-state index contributed by atoms with van der Waals surface area (Å²) in [6.07, 6.45) is 0.0229. The zero-order valence-electron chi connectivity index (χ0n) is 21.1. The van der Waals surface area contributed by atoms with Crippen molar-refractivity contribution < 1.29 is 28.5 Å². The third-order valence-corrected chi connectivity index (χ3v) is 6.23. The van der Waals surface area contributed by atoms with Crippen molar-refractivity contribution >= 4 is 34.0 Å². The quantitative estimate of drug-likeness (QED) is 0.381. The summed E-state index contributed by atoms with van der Waals surface area (Å²) in [7, 11) is 4.55. The average Bonchev–Trinajstić information content (AvgIpc) is 3.27. The van der Waals surface area contributed by atoms with Gasteiger partial charge in [-0.25, -0.2) is 4.98 Å². The molecule has 0 bridgehead atoms. The van der Waals surface area contributed by atoms with E-state index < -0.39 is 5.97 Å². The molecule has 1 amide bonds. The number of aryl methyl sites for hydroxylation is 3. The molecule has 0 atom stereocenters. The maximum atomic E-state index is 12.5. The smallest absolute Gasteiger partial charge is 0.310 e. The average molecular weight is 499 g/mol. The second kappa shape index (κ2) is 11.2. The number of carbonyl (C=O) groups is 2. The molecule has 0 saturated carbocycles. The number of carbonyl (C=O) groups excluding carboxylic acids is 2. The molecule has 0 fully saturated rings. The van der Waals surface area contributed by atoms with Crippen molar-refractivity contribution in [1.29, 1.82) is 0 Å². The van der Waals surface area contributed by atoms with E-state index in [1.807, 2.05) is 32.9 Å². The van der Waals surface area contributed by atoms with Crippen LogP contribution in [-0.4, -0.2) is 38.2 Å². The van der Waals surface area contributed by atoms with Crippen LogP contribution in [0.2, 0.25) is 0 Å². The highest BCUT2D eigenvalue weighted by Crippen LogP contribution is 2.38. The molecule has 0 radical (unpaired) electrons. The van der Waals surface area contributed by atoms with Crippen molar-refractivity contribution in [1.82, 2.24) is 4.98 Å². The van der Waals surface area contributed by atoms with Crippen molar-refractivity contribution in [3.63, 3.8) is 0 Å². The first kappa shape index (κ1) is 26.0. The Morgan fingerprint density at radius 1 is 0.943 bits per heavy atom. The van der Waals surface area contributed by atoms with Crippen LogP contribution in [0.15, 0.2) is 29.6 Å². The predicted octanol–water partition coefficient (Wildman–Crippen LogP) is 5.06. The SMILES string of the molecule is COc1cc(CC(=O)OCc2csc(N(C(C)=O)c3c(C)cc(C)cc3C)n2)cc(OC)c1OC. The molecule has 0 saturated heterocycles. The van der Waals surface area contributed by atoms with Gasteiger partial charge in [0.25, 0.3) is 0 Å². The van der Waals surface area contributed by atoms with E-state index in [0.717, 1.165) is 22.4 Å². The molecule has 2 aromatic carbocycles. The Bertz CT molecular complexity index is 1190. The molecular formula is C26H30N2O6S. The van der Waals surface area contributed by atoms with Crippen molar-refractivity contribution in [2.24, 2.45) is 0 Å². The molecule has 0 unspecified atom stereocenters. The topological polar surface area (TPSA) is 87.2 Å². The second-order valence-corrected chi connectivity index (χ2v) is 8.93. The van der Waals surface area contributed by atoms with Crippen LogP contribution in [0.25, 0.3) is 0 Å². The first-order valence-electron chi connectivity index (χ1n) is 11.0. The summed E-state index contributed by atoms with van der Waals surface area (Å²) >= 11 is 1.33. The number of rotatable bonds is 9. The molecule has 1 aromatic heterocycles. The van der Waals surface area contributed by atoms with E-state index in [-0.39, 0.29) is 18.9 Å². The third-order valence-electron chi connectivity index (χ3n) is 5.36. The predicted molar refractivity (Wildman–Crippen MR) is 135 cm³/mol. The Morgan fingerprint density at radius 2 is 1.54 bits per heavy atom. The molecule has 186 valence electrons. The first-order valence-corrected chi connectivity index (χ1v) is 11.8. The number of benzene rings is 2. The second-order valence-electron chi connectivity index (χ2n) is 8.09. The van der Waals surface area contributed by atoms with Crippen LogP contribution in [0.5, 0.6) is 17.2 Å². The van der Waals surface area contributed by atoms with Gasteiger partial charge in [-0.1, -0.05) is 17.7 Å². The summed E-state index contributed by atoms with van der Waals surface area (Å²) in [5.74, 6) is 0.814. The fourth-order valence-corrected chi connectivity index (χ4v) is 4.85. The van der Waals surface area contributed by atoms with Gasteiger partial charge in [-0.15, -0.1) is 11.3 Å². The number of hydrogen-bond acceptors (Lipinski definition) is 8. The van der Waals surface area contributed by atoms with Gasteiger partial charge >= 0.3 is 5.97 Å². The summed E-state index contributed by atoms with van der Waals surface area (Å²) < 4.78 is 21.4. The highest BCUT2D eigenvalue weighted by molar-refractivity contribution is 7.14. The zero-order valence-corrected chi connectivity index (χ0v) is 21.9. The van der Waals surface area contributed by atoms with Crippen molar-refractivity contribution in [2.75, 3.05) is 26.2 Å². The highest BCUT2D eigenvalue weighted by Gasteiger charge is 2.22. The van der Waals surface area contributed by atoms with Crippen molar-refractivity contribution in [3.05, 3.63) is 57.6 Å². The monoisotopic (exact) mass is 498 g/mol. The molecule has 0 aliphatic heterocycles. The minimum absolute atomic E-state index is 0.00261. The maximum absolute atomic E-state index is 12.5.